The monoisotopic (exact) mass is 317 g/mol. The van der Waals surface area contributed by atoms with Gasteiger partial charge < -0.3 is 5.32 Å². The fourth-order valence-electron chi connectivity index (χ4n) is 2.11. The van der Waals surface area contributed by atoms with Crippen molar-refractivity contribution >= 4 is 27.5 Å². The molecule has 0 unspecified atom stereocenters. The molecular weight excluding hydrogens is 302 g/mol. The SMILES string of the molecule is CS(=O)(=O)N1CCC(NC(=O)c2ccc(Cl)nc2)CC1. The second-order valence-electron chi connectivity index (χ2n) is 4.78. The van der Waals surface area contributed by atoms with Crippen molar-refractivity contribution in [1.29, 1.82) is 0 Å². The molecule has 8 heteroatoms. The van der Waals surface area contributed by atoms with E-state index in [0.717, 1.165) is 0 Å². The third-order valence-corrected chi connectivity index (χ3v) is 4.77. The highest BCUT2D eigenvalue weighted by Gasteiger charge is 2.25. The summed E-state index contributed by atoms with van der Waals surface area (Å²) in [5.74, 6) is -0.216. The number of carbonyl (C=O) groups is 1. The molecule has 1 aromatic rings. The van der Waals surface area contributed by atoms with Gasteiger partial charge in [-0.15, -0.1) is 0 Å². The summed E-state index contributed by atoms with van der Waals surface area (Å²) >= 11 is 5.66. The fourth-order valence-corrected chi connectivity index (χ4v) is 3.10. The lowest BCUT2D eigenvalue weighted by Crippen LogP contribution is -2.46. The van der Waals surface area contributed by atoms with Crippen LogP contribution in [0.15, 0.2) is 18.3 Å². The number of nitrogens with one attached hydrogen (secondary N) is 1. The summed E-state index contributed by atoms with van der Waals surface area (Å²) in [6.45, 7) is 0.866. The lowest BCUT2D eigenvalue weighted by Gasteiger charge is -2.30. The molecule has 1 aliphatic rings. The van der Waals surface area contributed by atoms with Gasteiger partial charge in [0.25, 0.3) is 5.91 Å². The number of halogens is 1. The summed E-state index contributed by atoms with van der Waals surface area (Å²) in [5.41, 5.74) is 0.444. The van der Waals surface area contributed by atoms with E-state index in [0.29, 0.717) is 36.6 Å². The van der Waals surface area contributed by atoms with Gasteiger partial charge in [0.15, 0.2) is 0 Å². The fraction of sp³-hybridized carbons (Fsp3) is 0.500. The van der Waals surface area contributed by atoms with Gasteiger partial charge in [-0.1, -0.05) is 11.6 Å². The number of aromatic nitrogens is 1. The number of amides is 1. The first kappa shape index (κ1) is 15.2. The molecule has 1 aromatic heterocycles. The quantitative estimate of drug-likeness (QED) is 0.840. The van der Waals surface area contributed by atoms with E-state index >= 15 is 0 Å². The first-order chi connectivity index (χ1) is 9.36. The number of hydrogen-bond donors (Lipinski definition) is 1. The molecule has 2 rings (SSSR count). The van der Waals surface area contributed by atoms with Gasteiger partial charge in [-0.2, -0.15) is 0 Å². The van der Waals surface area contributed by atoms with E-state index < -0.39 is 10.0 Å². The van der Waals surface area contributed by atoms with Crippen LogP contribution in [-0.2, 0) is 10.0 Å². The maximum atomic E-state index is 12.0. The minimum Gasteiger partial charge on any atom is -0.349 e. The molecule has 1 saturated heterocycles. The first-order valence-electron chi connectivity index (χ1n) is 6.24. The largest absolute Gasteiger partial charge is 0.349 e. The van der Waals surface area contributed by atoms with Crippen molar-refractivity contribution in [2.24, 2.45) is 0 Å². The molecule has 0 aromatic carbocycles. The number of hydrogen-bond acceptors (Lipinski definition) is 4. The van der Waals surface area contributed by atoms with Crippen LogP contribution in [0.3, 0.4) is 0 Å². The van der Waals surface area contributed by atoms with E-state index in [9.17, 15) is 13.2 Å². The number of piperidine rings is 1. The predicted octanol–water partition coefficient (Wildman–Crippen LogP) is 0.889. The topological polar surface area (TPSA) is 79.4 Å². The summed E-state index contributed by atoms with van der Waals surface area (Å²) in [7, 11) is -3.14. The van der Waals surface area contributed by atoms with Gasteiger partial charge in [0.2, 0.25) is 10.0 Å². The Balaban J connectivity index is 1.89. The molecule has 0 spiro atoms. The van der Waals surface area contributed by atoms with E-state index in [1.807, 2.05) is 0 Å². The molecule has 0 saturated carbocycles. The Morgan fingerprint density at radius 1 is 1.40 bits per heavy atom. The van der Waals surface area contributed by atoms with Crippen LogP contribution in [0.1, 0.15) is 23.2 Å². The molecule has 1 fully saturated rings. The van der Waals surface area contributed by atoms with Gasteiger partial charge in [0.1, 0.15) is 5.15 Å². The minimum atomic E-state index is -3.14. The third kappa shape index (κ3) is 3.91. The van der Waals surface area contributed by atoms with E-state index in [4.69, 9.17) is 11.6 Å². The van der Waals surface area contributed by atoms with E-state index in [1.165, 1.54) is 16.8 Å². The van der Waals surface area contributed by atoms with Crippen LogP contribution in [0, 0.1) is 0 Å². The summed E-state index contributed by atoms with van der Waals surface area (Å²) in [5, 5.41) is 3.22. The summed E-state index contributed by atoms with van der Waals surface area (Å²) in [6, 6.07) is 3.15. The van der Waals surface area contributed by atoms with Crippen LogP contribution in [0.5, 0.6) is 0 Å². The molecule has 0 atom stereocenters. The maximum Gasteiger partial charge on any atom is 0.253 e. The van der Waals surface area contributed by atoms with Crippen molar-refractivity contribution in [3.63, 3.8) is 0 Å². The van der Waals surface area contributed by atoms with Gasteiger partial charge >= 0.3 is 0 Å². The molecule has 110 valence electrons. The van der Waals surface area contributed by atoms with Gasteiger partial charge in [-0.25, -0.2) is 17.7 Å². The Bertz CT molecular complexity index is 580. The molecule has 0 radical (unpaired) electrons. The Morgan fingerprint density at radius 2 is 2.05 bits per heavy atom. The van der Waals surface area contributed by atoms with Crippen molar-refractivity contribution in [1.82, 2.24) is 14.6 Å². The van der Waals surface area contributed by atoms with Crippen molar-refractivity contribution in [2.75, 3.05) is 19.3 Å². The highest BCUT2D eigenvalue weighted by Crippen LogP contribution is 2.14. The van der Waals surface area contributed by atoms with E-state index in [1.54, 1.807) is 12.1 Å². The maximum absolute atomic E-state index is 12.0. The summed E-state index contributed by atoms with van der Waals surface area (Å²) < 4.78 is 24.2. The molecule has 1 aliphatic heterocycles. The van der Waals surface area contributed by atoms with Crippen LogP contribution in [0.2, 0.25) is 5.15 Å². The number of sulfonamides is 1. The number of pyridine rings is 1. The van der Waals surface area contributed by atoms with Crippen LogP contribution in [-0.4, -0.2) is 49.0 Å². The van der Waals surface area contributed by atoms with Gasteiger partial charge in [-0.3, -0.25) is 4.79 Å². The van der Waals surface area contributed by atoms with Crippen LogP contribution in [0.25, 0.3) is 0 Å². The number of carbonyl (C=O) groups excluding carboxylic acids is 1. The van der Waals surface area contributed by atoms with E-state index in [-0.39, 0.29) is 11.9 Å². The van der Waals surface area contributed by atoms with Crippen LogP contribution >= 0.6 is 11.6 Å². The van der Waals surface area contributed by atoms with Gasteiger partial charge in [0.05, 0.1) is 11.8 Å². The van der Waals surface area contributed by atoms with Crippen molar-refractivity contribution in [2.45, 2.75) is 18.9 Å². The molecule has 1 N–H and O–H groups in total. The Kier molecular flexibility index (Phi) is 4.62. The van der Waals surface area contributed by atoms with E-state index in [2.05, 4.69) is 10.3 Å². The number of rotatable bonds is 3. The Hall–Kier alpha value is -1.18. The zero-order chi connectivity index (χ0) is 14.8. The lowest BCUT2D eigenvalue weighted by molar-refractivity contribution is 0.0923. The molecule has 20 heavy (non-hydrogen) atoms. The second kappa shape index (κ2) is 6.07. The average molecular weight is 318 g/mol. The minimum absolute atomic E-state index is 0.0174. The first-order valence-corrected chi connectivity index (χ1v) is 8.46. The smallest absolute Gasteiger partial charge is 0.253 e. The predicted molar refractivity (Wildman–Crippen MR) is 76.2 cm³/mol. The molecule has 0 aliphatic carbocycles. The molecule has 6 nitrogen and oxygen atoms in total. The summed E-state index contributed by atoms with van der Waals surface area (Å²) in [4.78, 5) is 15.8. The zero-order valence-electron chi connectivity index (χ0n) is 11.0. The number of nitrogens with zero attached hydrogens (tertiary/aromatic N) is 2. The zero-order valence-corrected chi connectivity index (χ0v) is 12.6. The van der Waals surface area contributed by atoms with Crippen molar-refractivity contribution < 1.29 is 13.2 Å². The second-order valence-corrected chi connectivity index (χ2v) is 7.15. The lowest BCUT2D eigenvalue weighted by atomic mass is 10.1. The normalized spacial score (nSPS) is 17.9. The van der Waals surface area contributed by atoms with Crippen LogP contribution < -0.4 is 5.32 Å². The summed E-state index contributed by atoms with van der Waals surface area (Å²) in [6.07, 6.45) is 3.84. The van der Waals surface area contributed by atoms with Crippen molar-refractivity contribution in [3.8, 4) is 0 Å². The Morgan fingerprint density at radius 3 is 2.55 bits per heavy atom. The van der Waals surface area contributed by atoms with Gasteiger partial charge in [-0.05, 0) is 25.0 Å². The van der Waals surface area contributed by atoms with Gasteiger partial charge in [0, 0.05) is 25.3 Å². The average Bonchev–Trinajstić information content (AvgIpc) is 2.39. The highest BCUT2D eigenvalue weighted by molar-refractivity contribution is 7.88. The third-order valence-electron chi connectivity index (χ3n) is 3.25. The highest BCUT2D eigenvalue weighted by atomic mass is 35.5. The molecule has 2 heterocycles. The standard InChI is InChI=1S/C12H16ClN3O3S/c1-20(18,19)16-6-4-10(5-7-16)15-12(17)9-2-3-11(13)14-8-9/h2-3,8,10H,4-7H2,1H3,(H,15,17). The Labute approximate surface area is 123 Å². The molecule has 1 amide bonds. The van der Waals surface area contributed by atoms with Crippen LogP contribution in [0.4, 0.5) is 0 Å². The molecular formula is C12H16ClN3O3S. The molecule has 0 bridgehead atoms. The van der Waals surface area contributed by atoms with Crippen molar-refractivity contribution in [3.05, 3.63) is 29.0 Å².